The smallest absolute Gasteiger partial charge is 0.0847 e. The fourth-order valence-corrected chi connectivity index (χ4v) is 3.67. The summed E-state index contributed by atoms with van der Waals surface area (Å²) in [7, 11) is 1.98. The quantitative estimate of drug-likeness (QED) is 0.795. The zero-order chi connectivity index (χ0) is 15.2. The minimum Gasteiger partial charge on any atom is -0.314 e. The van der Waals surface area contributed by atoms with E-state index in [1.807, 2.05) is 30.0 Å². The summed E-state index contributed by atoms with van der Waals surface area (Å²) in [4.78, 5) is 1.47. The van der Waals surface area contributed by atoms with Crippen LogP contribution >= 0.6 is 22.9 Å². The van der Waals surface area contributed by atoms with Crippen LogP contribution in [-0.2, 0) is 19.9 Å². The lowest BCUT2D eigenvalue weighted by Crippen LogP contribution is -2.31. The maximum absolute atomic E-state index is 6.36. The van der Waals surface area contributed by atoms with Gasteiger partial charge in [-0.15, -0.1) is 11.3 Å². The number of nitrogens with one attached hydrogen (secondary N) is 1. The van der Waals surface area contributed by atoms with Crippen LogP contribution in [0.1, 0.15) is 36.0 Å². The molecule has 116 valence electrons. The summed E-state index contributed by atoms with van der Waals surface area (Å²) >= 11 is 8.21. The van der Waals surface area contributed by atoms with E-state index in [0.29, 0.717) is 6.04 Å². The summed E-state index contributed by atoms with van der Waals surface area (Å²) in [6.07, 6.45) is 4.46. The molecular weight excluding hydrogens is 302 g/mol. The Morgan fingerprint density at radius 3 is 2.86 bits per heavy atom. The molecular formula is C16H24ClN3S. The normalized spacial score (nSPS) is 12.8. The average Bonchev–Trinajstić information content (AvgIpc) is 3.03. The van der Waals surface area contributed by atoms with E-state index in [4.69, 9.17) is 11.6 Å². The van der Waals surface area contributed by atoms with Gasteiger partial charge in [0.2, 0.25) is 0 Å². The first-order valence-corrected chi connectivity index (χ1v) is 8.81. The number of thiophene rings is 1. The second-order valence-electron chi connectivity index (χ2n) is 5.40. The van der Waals surface area contributed by atoms with Crippen LogP contribution in [0.2, 0.25) is 5.02 Å². The molecule has 3 nitrogen and oxygen atoms in total. The van der Waals surface area contributed by atoms with Crippen LogP contribution < -0.4 is 5.32 Å². The van der Waals surface area contributed by atoms with Gasteiger partial charge in [0.25, 0.3) is 0 Å². The standard InChI is InChI=1S/C16H24ClN3S/c1-4-18-13(7-5-8-14-9-6-10-21-14)11-15-16(17)12(2)19-20(15)3/h6,9-10,13,18H,4-5,7-8,11H2,1-3H3. The maximum atomic E-state index is 6.36. The molecule has 0 bridgehead atoms. The Morgan fingerprint density at radius 1 is 1.48 bits per heavy atom. The third-order valence-electron chi connectivity index (χ3n) is 3.75. The lowest BCUT2D eigenvalue weighted by molar-refractivity contribution is 0.465. The first-order valence-electron chi connectivity index (χ1n) is 7.55. The molecule has 0 amide bonds. The highest BCUT2D eigenvalue weighted by molar-refractivity contribution is 7.09. The van der Waals surface area contributed by atoms with Gasteiger partial charge in [0.15, 0.2) is 0 Å². The third kappa shape index (κ3) is 4.56. The van der Waals surface area contributed by atoms with Crippen molar-refractivity contribution in [2.75, 3.05) is 6.54 Å². The molecule has 0 fully saturated rings. The second kappa shape index (κ2) is 7.97. The summed E-state index contributed by atoms with van der Waals surface area (Å²) in [5, 5.41) is 10.9. The lowest BCUT2D eigenvalue weighted by atomic mass is 10.0. The molecule has 21 heavy (non-hydrogen) atoms. The van der Waals surface area contributed by atoms with E-state index in [2.05, 4.69) is 34.9 Å². The fraction of sp³-hybridized carbons (Fsp3) is 0.562. The Balaban J connectivity index is 1.92. The van der Waals surface area contributed by atoms with Gasteiger partial charge in [0, 0.05) is 24.4 Å². The average molecular weight is 326 g/mol. The molecule has 1 N–H and O–H groups in total. The van der Waals surface area contributed by atoms with Gasteiger partial charge >= 0.3 is 0 Å². The first kappa shape index (κ1) is 16.5. The largest absolute Gasteiger partial charge is 0.314 e. The predicted octanol–water partition coefficient (Wildman–Crippen LogP) is 3.99. The molecule has 0 aliphatic heterocycles. The molecule has 5 heteroatoms. The molecule has 0 aliphatic rings. The summed E-state index contributed by atoms with van der Waals surface area (Å²) in [5.74, 6) is 0. The zero-order valence-electron chi connectivity index (χ0n) is 13.0. The number of hydrogen-bond acceptors (Lipinski definition) is 3. The lowest BCUT2D eigenvalue weighted by Gasteiger charge is -2.18. The van der Waals surface area contributed by atoms with E-state index in [1.165, 1.54) is 11.3 Å². The minimum atomic E-state index is 0.460. The van der Waals surface area contributed by atoms with Crippen LogP contribution in [0, 0.1) is 6.92 Å². The number of rotatable bonds is 8. The van der Waals surface area contributed by atoms with Crippen LogP contribution in [-0.4, -0.2) is 22.4 Å². The summed E-state index contributed by atoms with van der Waals surface area (Å²) in [6.45, 7) is 5.10. The van der Waals surface area contributed by atoms with Crippen LogP contribution in [0.25, 0.3) is 0 Å². The Kier molecular flexibility index (Phi) is 6.27. The van der Waals surface area contributed by atoms with E-state index in [1.54, 1.807) is 0 Å². The van der Waals surface area contributed by atoms with E-state index in [9.17, 15) is 0 Å². The molecule has 0 saturated heterocycles. The Morgan fingerprint density at radius 2 is 2.29 bits per heavy atom. The fourth-order valence-electron chi connectivity index (χ4n) is 2.68. The number of halogens is 1. The van der Waals surface area contributed by atoms with Crippen molar-refractivity contribution in [1.82, 2.24) is 15.1 Å². The highest BCUT2D eigenvalue weighted by Gasteiger charge is 2.16. The topological polar surface area (TPSA) is 29.9 Å². The van der Waals surface area contributed by atoms with Crippen molar-refractivity contribution in [3.05, 3.63) is 38.8 Å². The zero-order valence-corrected chi connectivity index (χ0v) is 14.6. The maximum Gasteiger partial charge on any atom is 0.0847 e. The van der Waals surface area contributed by atoms with Gasteiger partial charge in [-0.25, -0.2) is 0 Å². The monoisotopic (exact) mass is 325 g/mol. The number of aryl methyl sites for hydroxylation is 3. The highest BCUT2D eigenvalue weighted by Crippen LogP contribution is 2.22. The van der Waals surface area contributed by atoms with Crippen molar-refractivity contribution >= 4 is 22.9 Å². The van der Waals surface area contributed by atoms with Crippen LogP contribution in [0.5, 0.6) is 0 Å². The molecule has 0 saturated carbocycles. The molecule has 2 aromatic heterocycles. The number of hydrogen-bond donors (Lipinski definition) is 1. The van der Waals surface area contributed by atoms with Gasteiger partial charge in [-0.2, -0.15) is 5.10 Å². The minimum absolute atomic E-state index is 0.460. The molecule has 2 rings (SSSR count). The molecule has 2 aromatic rings. The first-order chi connectivity index (χ1) is 10.1. The molecule has 2 heterocycles. The summed E-state index contributed by atoms with van der Waals surface area (Å²) in [5.41, 5.74) is 2.05. The van der Waals surface area contributed by atoms with Gasteiger partial charge in [0.05, 0.1) is 16.4 Å². The van der Waals surface area contributed by atoms with Gasteiger partial charge < -0.3 is 5.32 Å². The molecule has 1 atom stereocenters. The van der Waals surface area contributed by atoms with E-state index in [0.717, 1.165) is 42.2 Å². The van der Waals surface area contributed by atoms with Gasteiger partial charge in [0.1, 0.15) is 0 Å². The number of nitrogens with zero attached hydrogens (tertiary/aromatic N) is 2. The Hall–Kier alpha value is -0.840. The number of aromatic nitrogens is 2. The van der Waals surface area contributed by atoms with E-state index in [-0.39, 0.29) is 0 Å². The van der Waals surface area contributed by atoms with Crippen LogP contribution in [0.3, 0.4) is 0 Å². The predicted molar refractivity (Wildman–Crippen MR) is 91.4 cm³/mol. The van der Waals surface area contributed by atoms with Crippen LogP contribution in [0.15, 0.2) is 17.5 Å². The summed E-state index contributed by atoms with van der Waals surface area (Å²) in [6, 6.07) is 4.80. The van der Waals surface area contributed by atoms with Crippen molar-refractivity contribution in [2.45, 2.75) is 45.6 Å². The van der Waals surface area contributed by atoms with Crippen molar-refractivity contribution < 1.29 is 0 Å². The molecule has 0 aliphatic carbocycles. The van der Waals surface area contributed by atoms with Crippen LogP contribution in [0.4, 0.5) is 0 Å². The van der Waals surface area contributed by atoms with Gasteiger partial charge in [-0.1, -0.05) is 24.6 Å². The van der Waals surface area contributed by atoms with E-state index >= 15 is 0 Å². The Labute approximate surface area is 136 Å². The summed E-state index contributed by atoms with van der Waals surface area (Å²) < 4.78 is 1.92. The van der Waals surface area contributed by atoms with Crippen molar-refractivity contribution in [2.24, 2.45) is 7.05 Å². The van der Waals surface area contributed by atoms with Gasteiger partial charge in [-0.05, 0) is 44.2 Å². The molecule has 0 radical (unpaired) electrons. The highest BCUT2D eigenvalue weighted by atomic mass is 35.5. The SMILES string of the molecule is CCNC(CCCc1cccs1)Cc1c(Cl)c(C)nn1C. The Bertz CT molecular complexity index is 548. The molecule has 0 aromatic carbocycles. The van der Waals surface area contributed by atoms with Crippen molar-refractivity contribution in [1.29, 1.82) is 0 Å². The number of likely N-dealkylation sites (N-methyl/N-ethyl adjacent to an activating group) is 1. The van der Waals surface area contributed by atoms with E-state index < -0.39 is 0 Å². The van der Waals surface area contributed by atoms with Crippen molar-refractivity contribution in [3.8, 4) is 0 Å². The van der Waals surface area contributed by atoms with Crippen molar-refractivity contribution in [3.63, 3.8) is 0 Å². The molecule has 0 spiro atoms. The van der Waals surface area contributed by atoms with Gasteiger partial charge in [-0.3, -0.25) is 4.68 Å². The third-order valence-corrected chi connectivity index (χ3v) is 5.18. The molecule has 1 unspecified atom stereocenters. The second-order valence-corrected chi connectivity index (χ2v) is 6.81.